The van der Waals surface area contributed by atoms with Gasteiger partial charge in [0.05, 0.1) is 20.1 Å². The second-order valence-corrected chi connectivity index (χ2v) is 3.88. The Morgan fingerprint density at radius 2 is 1.82 bits per heavy atom. The van der Waals surface area contributed by atoms with Crippen LogP contribution in [0.2, 0.25) is 0 Å². The van der Waals surface area contributed by atoms with Crippen molar-refractivity contribution >= 4 is 24.0 Å². The largest absolute Gasteiger partial charge is 0.469 e. The van der Waals surface area contributed by atoms with Gasteiger partial charge < -0.3 is 9.47 Å². The third-order valence-electron chi connectivity index (χ3n) is 1.90. The molecular formula is C11H16O6. The maximum Gasteiger partial charge on any atom is 0.317 e. The van der Waals surface area contributed by atoms with Crippen LogP contribution in [0.4, 0.5) is 0 Å². The Balaban J connectivity index is 4.56. The van der Waals surface area contributed by atoms with Crippen LogP contribution < -0.4 is 0 Å². The number of hydrogen-bond donors (Lipinski definition) is 0. The zero-order chi connectivity index (χ0) is 13.4. The standard InChI is InChI=1S/C11H16O6/c1-7(2)6-17-11(15)8(9(13)5-12)4-10(14)16-3/h5,7-8H,4,6H2,1-3H3. The molecule has 0 aliphatic heterocycles. The van der Waals surface area contributed by atoms with Crippen LogP contribution in [0.15, 0.2) is 0 Å². The number of carbonyl (C=O) groups is 4. The van der Waals surface area contributed by atoms with Crippen molar-refractivity contribution < 1.29 is 28.7 Å². The number of aldehydes is 1. The molecule has 0 amide bonds. The van der Waals surface area contributed by atoms with Gasteiger partial charge in [-0.15, -0.1) is 0 Å². The average molecular weight is 244 g/mol. The topological polar surface area (TPSA) is 86.7 Å². The molecular weight excluding hydrogens is 228 g/mol. The van der Waals surface area contributed by atoms with Crippen molar-refractivity contribution in [1.29, 1.82) is 0 Å². The Kier molecular flexibility index (Phi) is 6.77. The number of methoxy groups -OCH3 is 1. The molecule has 0 aromatic carbocycles. The van der Waals surface area contributed by atoms with Gasteiger partial charge in [0.1, 0.15) is 5.92 Å². The Bertz CT molecular complexity index is 307. The summed E-state index contributed by atoms with van der Waals surface area (Å²) in [5.74, 6) is -3.90. The van der Waals surface area contributed by atoms with E-state index in [2.05, 4.69) is 4.74 Å². The van der Waals surface area contributed by atoms with Crippen LogP contribution in [0.3, 0.4) is 0 Å². The molecule has 0 N–H and O–H groups in total. The van der Waals surface area contributed by atoms with Gasteiger partial charge in [0.25, 0.3) is 0 Å². The molecule has 0 aliphatic carbocycles. The number of carbonyl (C=O) groups excluding carboxylic acids is 4. The first kappa shape index (κ1) is 15.3. The highest BCUT2D eigenvalue weighted by atomic mass is 16.5. The van der Waals surface area contributed by atoms with Crippen molar-refractivity contribution in [3.05, 3.63) is 0 Å². The quantitative estimate of drug-likeness (QED) is 0.274. The predicted molar refractivity (Wildman–Crippen MR) is 57.0 cm³/mol. The summed E-state index contributed by atoms with van der Waals surface area (Å²) in [4.78, 5) is 44.0. The summed E-state index contributed by atoms with van der Waals surface area (Å²) in [6, 6.07) is 0. The van der Waals surface area contributed by atoms with E-state index in [1.807, 2.05) is 13.8 Å². The van der Waals surface area contributed by atoms with Gasteiger partial charge >= 0.3 is 11.9 Å². The maximum atomic E-state index is 11.5. The number of hydrogen-bond acceptors (Lipinski definition) is 6. The molecule has 0 aliphatic rings. The SMILES string of the molecule is COC(=O)CC(C(=O)C=O)C(=O)OCC(C)C. The average Bonchev–Trinajstić information content (AvgIpc) is 2.31. The van der Waals surface area contributed by atoms with Gasteiger partial charge in [0.15, 0.2) is 6.29 Å². The summed E-state index contributed by atoms with van der Waals surface area (Å²) in [5.41, 5.74) is 0. The lowest BCUT2D eigenvalue weighted by Gasteiger charge is -2.12. The van der Waals surface area contributed by atoms with Crippen LogP contribution in [-0.2, 0) is 28.7 Å². The fourth-order valence-corrected chi connectivity index (χ4v) is 0.982. The van der Waals surface area contributed by atoms with Gasteiger partial charge in [0, 0.05) is 0 Å². The zero-order valence-electron chi connectivity index (χ0n) is 10.1. The van der Waals surface area contributed by atoms with Crippen LogP contribution in [0.1, 0.15) is 20.3 Å². The Labute approximate surface area is 99.3 Å². The predicted octanol–water partition coefficient (Wildman–Crippen LogP) is 0.133. The summed E-state index contributed by atoms with van der Waals surface area (Å²) in [6.45, 7) is 3.77. The smallest absolute Gasteiger partial charge is 0.317 e. The van der Waals surface area contributed by atoms with Gasteiger partial charge in [-0.3, -0.25) is 19.2 Å². The first-order chi connectivity index (χ1) is 7.92. The van der Waals surface area contributed by atoms with E-state index in [1.54, 1.807) is 0 Å². The molecule has 0 saturated carbocycles. The van der Waals surface area contributed by atoms with E-state index in [4.69, 9.17) is 4.74 Å². The van der Waals surface area contributed by atoms with E-state index >= 15 is 0 Å². The lowest BCUT2D eigenvalue weighted by atomic mass is 10.0. The summed E-state index contributed by atoms with van der Waals surface area (Å²) >= 11 is 0. The molecule has 0 saturated heterocycles. The molecule has 6 heteroatoms. The highest BCUT2D eigenvalue weighted by Crippen LogP contribution is 2.09. The molecule has 6 nitrogen and oxygen atoms in total. The van der Waals surface area contributed by atoms with Crippen molar-refractivity contribution in [2.45, 2.75) is 20.3 Å². The van der Waals surface area contributed by atoms with Crippen LogP contribution in [-0.4, -0.2) is 37.7 Å². The van der Waals surface area contributed by atoms with E-state index < -0.39 is 30.1 Å². The fourth-order valence-electron chi connectivity index (χ4n) is 0.982. The Hall–Kier alpha value is -1.72. The Morgan fingerprint density at radius 3 is 2.24 bits per heavy atom. The maximum absolute atomic E-state index is 11.5. The highest BCUT2D eigenvalue weighted by molar-refractivity contribution is 6.31. The minimum atomic E-state index is -1.40. The monoisotopic (exact) mass is 244 g/mol. The molecule has 1 unspecified atom stereocenters. The van der Waals surface area contributed by atoms with Crippen LogP contribution in [0.25, 0.3) is 0 Å². The first-order valence-electron chi connectivity index (χ1n) is 5.14. The van der Waals surface area contributed by atoms with Crippen LogP contribution >= 0.6 is 0 Å². The third kappa shape index (κ3) is 5.79. The molecule has 17 heavy (non-hydrogen) atoms. The molecule has 0 radical (unpaired) electrons. The number of Topliss-reactive ketones (excluding diaryl/α,β-unsaturated/α-hetero) is 1. The minimum absolute atomic E-state index is 0.00421. The van der Waals surface area contributed by atoms with Crippen molar-refractivity contribution in [3.8, 4) is 0 Å². The molecule has 0 rings (SSSR count). The van der Waals surface area contributed by atoms with Gasteiger partial charge in [-0.05, 0) is 5.92 Å². The second-order valence-electron chi connectivity index (χ2n) is 3.88. The number of rotatable bonds is 7. The third-order valence-corrected chi connectivity index (χ3v) is 1.90. The van der Waals surface area contributed by atoms with Crippen molar-refractivity contribution in [2.24, 2.45) is 11.8 Å². The lowest BCUT2D eigenvalue weighted by Crippen LogP contribution is -2.30. The van der Waals surface area contributed by atoms with Gasteiger partial charge in [0.2, 0.25) is 5.78 Å². The number of ether oxygens (including phenoxy) is 2. The van der Waals surface area contributed by atoms with Crippen molar-refractivity contribution in [2.75, 3.05) is 13.7 Å². The second kappa shape index (κ2) is 7.54. The fraction of sp³-hybridized carbons (Fsp3) is 0.636. The number of ketones is 1. The van der Waals surface area contributed by atoms with E-state index in [9.17, 15) is 19.2 Å². The molecule has 0 fully saturated rings. The minimum Gasteiger partial charge on any atom is -0.469 e. The molecule has 0 aromatic rings. The van der Waals surface area contributed by atoms with Crippen molar-refractivity contribution in [3.63, 3.8) is 0 Å². The molecule has 0 spiro atoms. The van der Waals surface area contributed by atoms with E-state index in [-0.39, 0.29) is 18.8 Å². The summed E-state index contributed by atoms with van der Waals surface area (Å²) in [5, 5.41) is 0. The summed E-state index contributed by atoms with van der Waals surface area (Å²) in [7, 11) is 1.13. The van der Waals surface area contributed by atoms with Crippen molar-refractivity contribution in [1.82, 2.24) is 0 Å². The molecule has 96 valence electrons. The van der Waals surface area contributed by atoms with Gasteiger partial charge in [-0.1, -0.05) is 13.8 Å². The van der Waals surface area contributed by atoms with Crippen LogP contribution in [0.5, 0.6) is 0 Å². The van der Waals surface area contributed by atoms with E-state index in [0.29, 0.717) is 0 Å². The van der Waals surface area contributed by atoms with E-state index in [0.717, 1.165) is 7.11 Å². The molecule has 1 atom stereocenters. The molecule has 0 aromatic heterocycles. The first-order valence-corrected chi connectivity index (χ1v) is 5.14. The molecule has 0 bridgehead atoms. The number of esters is 2. The highest BCUT2D eigenvalue weighted by Gasteiger charge is 2.30. The normalized spacial score (nSPS) is 11.8. The summed E-state index contributed by atoms with van der Waals surface area (Å²) < 4.78 is 9.14. The van der Waals surface area contributed by atoms with Gasteiger partial charge in [-0.25, -0.2) is 0 Å². The zero-order valence-corrected chi connectivity index (χ0v) is 10.1. The van der Waals surface area contributed by atoms with Gasteiger partial charge in [-0.2, -0.15) is 0 Å². The Morgan fingerprint density at radius 1 is 1.24 bits per heavy atom. The van der Waals surface area contributed by atoms with Crippen LogP contribution in [0, 0.1) is 11.8 Å². The lowest BCUT2D eigenvalue weighted by molar-refractivity contribution is -0.158. The van der Waals surface area contributed by atoms with E-state index in [1.165, 1.54) is 0 Å². The molecule has 0 heterocycles. The summed E-state index contributed by atoms with van der Waals surface area (Å²) in [6.07, 6.45) is -0.477.